The largest absolute Gasteiger partial charge is 0.345 e. The summed E-state index contributed by atoms with van der Waals surface area (Å²) >= 11 is 1.50. The number of benzene rings is 2. The second kappa shape index (κ2) is 6.57. The zero-order chi connectivity index (χ0) is 18.3. The van der Waals surface area contributed by atoms with Crippen molar-refractivity contribution in [3.63, 3.8) is 0 Å². The third-order valence-electron chi connectivity index (χ3n) is 4.64. The van der Waals surface area contributed by atoms with E-state index in [-0.39, 0.29) is 5.82 Å². The molecule has 1 amide bonds. The number of carbonyl (C=O) groups excluding carboxylic acids is 2. The highest BCUT2D eigenvalue weighted by molar-refractivity contribution is 7.98. The Kier molecular flexibility index (Phi) is 4.24. The van der Waals surface area contributed by atoms with Gasteiger partial charge in [-0.15, -0.1) is 0 Å². The molecule has 1 aromatic heterocycles. The average Bonchev–Trinajstić information content (AvgIpc) is 3.19. The van der Waals surface area contributed by atoms with Gasteiger partial charge in [-0.25, -0.2) is 9.37 Å². The first-order valence-corrected chi connectivity index (χ1v) is 9.54. The number of imidazole rings is 1. The zero-order valence-corrected chi connectivity index (χ0v) is 14.8. The summed E-state index contributed by atoms with van der Waals surface area (Å²) in [7, 11) is 0. The summed E-state index contributed by atoms with van der Waals surface area (Å²) in [4.78, 5) is 34.1. The van der Waals surface area contributed by atoms with Crippen LogP contribution in [0.4, 0.5) is 10.1 Å². The van der Waals surface area contributed by atoms with Gasteiger partial charge in [0.15, 0.2) is 0 Å². The molecule has 26 heavy (non-hydrogen) atoms. The van der Waals surface area contributed by atoms with E-state index in [9.17, 15) is 14.0 Å². The van der Waals surface area contributed by atoms with Crippen molar-refractivity contribution in [1.82, 2.24) is 9.97 Å². The molecule has 1 fully saturated rings. The number of rotatable bonds is 4. The maximum absolute atomic E-state index is 13.8. The van der Waals surface area contributed by atoms with Crippen LogP contribution < -0.4 is 4.90 Å². The van der Waals surface area contributed by atoms with Crippen molar-refractivity contribution in [2.24, 2.45) is 5.92 Å². The summed E-state index contributed by atoms with van der Waals surface area (Å²) in [6, 6.07) is 10.9. The number of nitrogens with zero attached hydrogens (tertiary/aromatic N) is 2. The second-order valence-corrected chi connectivity index (χ2v) is 7.12. The Morgan fingerprint density at radius 2 is 2.08 bits per heavy atom. The van der Waals surface area contributed by atoms with Crippen LogP contribution >= 0.6 is 11.8 Å². The highest BCUT2D eigenvalue weighted by Crippen LogP contribution is 2.41. The third-order valence-corrected chi connectivity index (χ3v) is 5.34. The van der Waals surface area contributed by atoms with Gasteiger partial charge in [-0.3, -0.25) is 14.5 Å². The molecule has 2 aromatic carbocycles. The number of ketones is 1. The predicted octanol–water partition coefficient (Wildman–Crippen LogP) is 3.34. The number of halogens is 1. The maximum atomic E-state index is 13.8. The first-order valence-electron chi connectivity index (χ1n) is 8.15. The predicted molar refractivity (Wildman–Crippen MR) is 99.6 cm³/mol. The van der Waals surface area contributed by atoms with E-state index in [2.05, 4.69) is 9.97 Å². The molecule has 0 spiro atoms. The molecule has 4 rings (SSSR count). The monoisotopic (exact) mass is 369 g/mol. The molecular formula is C19H16FN3O2S. The molecule has 3 aromatic rings. The van der Waals surface area contributed by atoms with Crippen LogP contribution in [0.3, 0.4) is 0 Å². The lowest BCUT2D eigenvalue weighted by Crippen LogP contribution is -2.29. The third kappa shape index (κ3) is 2.68. The van der Waals surface area contributed by atoms with Gasteiger partial charge < -0.3 is 4.98 Å². The molecule has 0 saturated carbocycles. The molecule has 0 radical (unpaired) electrons. The molecule has 0 aliphatic carbocycles. The molecule has 0 bridgehead atoms. The second-order valence-electron chi connectivity index (χ2n) is 6.21. The van der Waals surface area contributed by atoms with Gasteiger partial charge in [0.1, 0.15) is 5.82 Å². The minimum Gasteiger partial charge on any atom is -0.345 e. The van der Waals surface area contributed by atoms with E-state index < -0.39 is 23.7 Å². The van der Waals surface area contributed by atoms with Gasteiger partial charge in [0, 0.05) is 11.4 Å². The first-order chi connectivity index (χ1) is 12.6. The Morgan fingerprint density at radius 1 is 1.23 bits per heavy atom. The standard InChI is InChI=1S/C19H16FN3O2S/c1-26-9-14-17(11-3-2-4-12(20)7-11)23(19(25)18(14)24)13-5-6-15-16(8-13)22-10-21-15/h2-8,10,14,17H,9H2,1H3,(H,21,22). The Balaban J connectivity index is 1.86. The highest BCUT2D eigenvalue weighted by Gasteiger charge is 2.48. The molecule has 1 aliphatic rings. The molecule has 5 nitrogen and oxygen atoms in total. The normalized spacial score (nSPS) is 20.3. The van der Waals surface area contributed by atoms with Crippen LogP contribution in [-0.4, -0.2) is 33.7 Å². The maximum Gasteiger partial charge on any atom is 0.295 e. The number of hydrogen-bond acceptors (Lipinski definition) is 4. The SMILES string of the molecule is CSCC1C(=O)C(=O)N(c2ccc3nc[nH]c3c2)C1c1cccc(F)c1. The number of aromatic amines is 1. The van der Waals surface area contributed by atoms with Crippen LogP contribution in [0.5, 0.6) is 0 Å². The van der Waals surface area contributed by atoms with Crippen LogP contribution in [-0.2, 0) is 9.59 Å². The molecule has 2 unspecified atom stereocenters. The minimum atomic E-state index is -0.558. The molecule has 2 heterocycles. The average molecular weight is 369 g/mol. The summed E-state index contributed by atoms with van der Waals surface area (Å²) in [5, 5.41) is 0. The van der Waals surface area contributed by atoms with E-state index in [1.807, 2.05) is 6.26 Å². The fourth-order valence-electron chi connectivity index (χ4n) is 3.50. The highest BCUT2D eigenvalue weighted by atomic mass is 32.2. The molecule has 2 atom stereocenters. The number of H-pyrrole nitrogens is 1. The number of thioether (sulfide) groups is 1. The number of nitrogens with one attached hydrogen (secondary N) is 1. The van der Waals surface area contributed by atoms with Crippen molar-refractivity contribution < 1.29 is 14.0 Å². The van der Waals surface area contributed by atoms with Crippen molar-refractivity contribution in [2.75, 3.05) is 16.9 Å². The van der Waals surface area contributed by atoms with Crippen molar-refractivity contribution in [2.45, 2.75) is 6.04 Å². The molecule has 1 N–H and O–H groups in total. The van der Waals surface area contributed by atoms with E-state index in [0.29, 0.717) is 17.0 Å². The first kappa shape index (κ1) is 16.8. The minimum absolute atomic E-state index is 0.388. The molecule has 1 saturated heterocycles. The summed E-state index contributed by atoms with van der Waals surface area (Å²) < 4.78 is 13.8. The van der Waals surface area contributed by atoms with Gasteiger partial charge in [0.25, 0.3) is 5.91 Å². The Bertz CT molecular complexity index is 1000. The molecular weight excluding hydrogens is 353 g/mol. The number of carbonyl (C=O) groups is 2. The van der Waals surface area contributed by atoms with E-state index in [4.69, 9.17) is 0 Å². The Labute approximate surface area is 153 Å². The number of aromatic nitrogens is 2. The van der Waals surface area contributed by atoms with Crippen molar-refractivity contribution in [3.8, 4) is 0 Å². The van der Waals surface area contributed by atoms with Gasteiger partial charge in [-0.1, -0.05) is 12.1 Å². The number of Topliss-reactive ketones (excluding diaryl/α,β-unsaturated/α-hetero) is 1. The zero-order valence-electron chi connectivity index (χ0n) is 14.0. The Morgan fingerprint density at radius 3 is 2.85 bits per heavy atom. The summed E-state index contributed by atoms with van der Waals surface area (Å²) in [5.74, 6) is -1.40. The van der Waals surface area contributed by atoms with Crippen LogP contribution in [0, 0.1) is 11.7 Å². The fraction of sp³-hybridized carbons (Fsp3) is 0.211. The van der Waals surface area contributed by atoms with Gasteiger partial charge in [0.2, 0.25) is 5.78 Å². The van der Waals surface area contributed by atoms with Crippen molar-refractivity contribution in [3.05, 3.63) is 60.2 Å². The number of fused-ring (bicyclic) bond motifs is 1. The van der Waals surface area contributed by atoms with Gasteiger partial charge in [-0.2, -0.15) is 11.8 Å². The summed E-state index contributed by atoms with van der Waals surface area (Å²) in [6.07, 6.45) is 3.46. The van der Waals surface area contributed by atoms with Gasteiger partial charge in [-0.05, 0) is 42.2 Å². The molecule has 1 aliphatic heterocycles. The number of amides is 1. The smallest absolute Gasteiger partial charge is 0.295 e. The van der Waals surface area contributed by atoms with Crippen LogP contribution in [0.25, 0.3) is 11.0 Å². The quantitative estimate of drug-likeness (QED) is 0.717. The molecule has 7 heteroatoms. The number of anilines is 1. The van der Waals surface area contributed by atoms with Crippen molar-refractivity contribution in [1.29, 1.82) is 0 Å². The summed E-state index contributed by atoms with van der Waals surface area (Å²) in [5.41, 5.74) is 2.76. The van der Waals surface area contributed by atoms with E-state index in [0.717, 1.165) is 11.0 Å². The molecule has 132 valence electrons. The lowest BCUT2D eigenvalue weighted by Gasteiger charge is -2.27. The van der Waals surface area contributed by atoms with E-state index in [1.165, 1.54) is 28.8 Å². The van der Waals surface area contributed by atoms with Crippen LogP contribution in [0.15, 0.2) is 48.8 Å². The van der Waals surface area contributed by atoms with Crippen LogP contribution in [0.2, 0.25) is 0 Å². The van der Waals surface area contributed by atoms with Gasteiger partial charge in [0.05, 0.1) is 29.3 Å². The van der Waals surface area contributed by atoms with Crippen molar-refractivity contribution >= 4 is 40.2 Å². The fourth-order valence-corrected chi connectivity index (χ4v) is 4.19. The van der Waals surface area contributed by atoms with Gasteiger partial charge >= 0.3 is 0 Å². The number of hydrogen-bond donors (Lipinski definition) is 1. The Hall–Kier alpha value is -2.67. The van der Waals surface area contributed by atoms with Crippen LogP contribution in [0.1, 0.15) is 11.6 Å². The lowest BCUT2D eigenvalue weighted by molar-refractivity contribution is -0.135. The lowest BCUT2D eigenvalue weighted by atomic mass is 9.94. The van der Waals surface area contributed by atoms with E-state index >= 15 is 0 Å². The summed E-state index contributed by atoms with van der Waals surface area (Å²) in [6.45, 7) is 0. The topological polar surface area (TPSA) is 66.1 Å². The van der Waals surface area contributed by atoms with E-state index in [1.54, 1.807) is 36.7 Å².